The van der Waals surface area contributed by atoms with Gasteiger partial charge in [0, 0.05) is 17.2 Å². The van der Waals surface area contributed by atoms with Crippen molar-refractivity contribution in [1.82, 2.24) is 14.8 Å². The molecule has 0 radical (unpaired) electrons. The van der Waals surface area contributed by atoms with E-state index in [1.165, 1.54) is 26.6 Å². The molecule has 0 saturated heterocycles. The molecule has 0 amide bonds. The molecule has 0 spiro atoms. The molecule has 1 atom stereocenters. The normalized spacial score (nSPS) is 16.5. The van der Waals surface area contributed by atoms with E-state index in [4.69, 9.17) is 0 Å². The SMILES string of the molecule is Cc1ccc(-c2nc3n(n2)C(=O)CC(c2cccc4ccccc24)S3)cc1. The van der Waals surface area contributed by atoms with Crippen LogP contribution in [-0.4, -0.2) is 20.7 Å². The molecule has 1 aliphatic heterocycles. The lowest BCUT2D eigenvalue weighted by Crippen LogP contribution is -2.21. The maximum atomic E-state index is 12.8. The Balaban J connectivity index is 1.54. The van der Waals surface area contributed by atoms with Crippen molar-refractivity contribution in [2.45, 2.75) is 23.8 Å². The Bertz CT molecular complexity index is 1160. The second kappa shape index (κ2) is 6.35. The first kappa shape index (κ1) is 16.3. The summed E-state index contributed by atoms with van der Waals surface area (Å²) in [6.45, 7) is 2.05. The lowest BCUT2D eigenvalue weighted by molar-refractivity contribution is 0.0868. The smallest absolute Gasteiger partial charge is 0.250 e. The third-order valence-corrected chi connectivity index (χ3v) is 6.08. The van der Waals surface area contributed by atoms with Crippen molar-refractivity contribution < 1.29 is 4.79 Å². The number of carbonyl (C=O) groups excluding carboxylic acids is 1. The van der Waals surface area contributed by atoms with Crippen LogP contribution < -0.4 is 0 Å². The van der Waals surface area contributed by atoms with E-state index in [1.54, 1.807) is 11.8 Å². The van der Waals surface area contributed by atoms with Gasteiger partial charge in [0.1, 0.15) is 0 Å². The maximum absolute atomic E-state index is 12.8. The fourth-order valence-electron chi connectivity index (χ4n) is 3.48. The van der Waals surface area contributed by atoms with Crippen LogP contribution in [0.1, 0.15) is 27.6 Å². The highest BCUT2D eigenvalue weighted by Gasteiger charge is 2.30. The van der Waals surface area contributed by atoms with E-state index in [9.17, 15) is 4.79 Å². The van der Waals surface area contributed by atoms with Gasteiger partial charge in [0.05, 0.1) is 0 Å². The summed E-state index contributed by atoms with van der Waals surface area (Å²) in [5.74, 6) is 0.594. The summed E-state index contributed by atoms with van der Waals surface area (Å²) >= 11 is 1.62. The lowest BCUT2D eigenvalue weighted by atomic mass is 10.0. The Hall–Kier alpha value is -2.92. The van der Waals surface area contributed by atoms with Crippen molar-refractivity contribution >= 4 is 28.4 Å². The van der Waals surface area contributed by atoms with E-state index in [0.717, 1.165) is 5.56 Å². The van der Waals surface area contributed by atoms with Gasteiger partial charge >= 0.3 is 0 Å². The number of fused-ring (bicyclic) bond motifs is 2. The molecule has 1 aromatic heterocycles. The molecule has 4 aromatic rings. The average Bonchev–Trinajstić information content (AvgIpc) is 3.13. The molecule has 5 rings (SSSR count). The van der Waals surface area contributed by atoms with E-state index in [2.05, 4.69) is 40.4 Å². The number of aryl methyl sites for hydroxylation is 1. The highest BCUT2D eigenvalue weighted by Crippen LogP contribution is 2.43. The second-order valence-electron chi connectivity index (χ2n) is 6.77. The van der Waals surface area contributed by atoms with Gasteiger partial charge in [0.2, 0.25) is 0 Å². The van der Waals surface area contributed by atoms with Gasteiger partial charge in [-0.2, -0.15) is 4.68 Å². The monoisotopic (exact) mass is 371 g/mol. The number of aromatic nitrogens is 3. The summed E-state index contributed by atoms with van der Waals surface area (Å²) in [4.78, 5) is 17.4. The Kier molecular flexibility index (Phi) is 3.83. The predicted molar refractivity (Wildman–Crippen MR) is 108 cm³/mol. The third kappa shape index (κ3) is 2.84. The first-order valence-corrected chi connectivity index (χ1v) is 9.78. The van der Waals surface area contributed by atoms with E-state index >= 15 is 0 Å². The van der Waals surface area contributed by atoms with Gasteiger partial charge in [-0.3, -0.25) is 4.79 Å². The number of carbonyl (C=O) groups is 1. The van der Waals surface area contributed by atoms with Crippen LogP contribution in [0.2, 0.25) is 0 Å². The molecule has 0 N–H and O–H groups in total. The van der Waals surface area contributed by atoms with Crippen molar-refractivity contribution in [2.75, 3.05) is 0 Å². The molecule has 0 aliphatic carbocycles. The van der Waals surface area contributed by atoms with E-state index in [1.807, 2.05) is 43.3 Å². The lowest BCUT2D eigenvalue weighted by Gasteiger charge is -2.21. The highest BCUT2D eigenvalue weighted by molar-refractivity contribution is 7.99. The highest BCUT2D eigenvalue weighted by atomic mass is 32.2. The summed E-state index contributed by atoms with van der Waals surface area (Å²) in [5, 5.41) is 7.55. The zero-order valence-electron chi connectivity index (χ0n) is 14.8. The van der Waals surface area contributed by atoms with Crippen LogP contribution in [0.15, 0.2) is 71.9 Å². The summed E-state index contributed by atoms with van der Waals surface area (Å²) in [6.07, 6.45) is 0.419. The van der Waals surface area contributed by atoms with Crippen LogP contribution in [0.4, 0.5) is 0 Å². The van der Waals surface area contributed by atoms with Crippen molar-refractivity contribution in [1.29, 1.82) is 0 Å². The molecule has 5 heteroatoms. The van der Waals surface area contributed by atoms with Gasteiger partial charge in [-0.05, 0) is 23.3 Å². The number of rotatable bonds is 2. The number of benzene rings is 3. The number of nitrogens with zero attached hydrogens (tertiary/aromatic N) is 3. The summed E-state index contributed by atoms with van der Waals surface area (Å²) in [6, 6.07) is 22.6. The van der Waals surface area contributed by atoms with E-state index < -0.39 is 0 Å². The van der Waals surface area contributed by atoms with Gasteiger partial charge in [-0.1, -0.05) is 84.1 Å². The Labute approximate surface area is 161 Å². The summed E-state index contributed by atoms with van der Waals surface area (Å²) in [7, 11) is 0. The van der Waals surface area contributed by atoms with Crippen molar-refractivity contribution in [3.05, 3.63) is 77.9 Å². The second-order valence-corrected chi connectivity index (χ2v) is 7.94. The number of hydrogen-bond donors (Lipinski definition) is 0. The molecule has 4 nitrogen and oxygen atoms in total. The third-order valence-electron chi connectivity index (χ3n) is 4.90. The maximum Gasteiger partial charge on any atom is 0.250 e. The topological polar surface area (TPSA) is 47.8 Å². The van der Waals surface area contributed by atoms with Gasteiger partial charge < -0.3 is 0 Å². The number of thioether (sulfide) groups is 1. The van der Waals surface area contributed by atoms with Crippen molar-refractivity contribution in [3.8, 4) is 11.4 Å². The van der Waals surface area contributed by atoms with Crippen molar-refractivity contribution in [3.63, 3.8) is 0 Å². The number of hydrogen-bond acceptors (Lipinski definition) is 4. The largest absolute Gasteiger partial charge is 0.272 e. The summed E-state index contributed by atoms with van der Waals surface area (Å²) < 4.78 is 1.46. The van der Waals surface area contributed by atoms with Gasteiger partial charge in [-0.15, -0.1) is 5.10 Å². The van der Waals surface area contributed by atoms with Crippen LogP contribution in [0.3, 0.4) is 0 Å². The quantitative estimate of drug-likeness (QED) is 0.481. The molecule has 2 heterocycles. The average molecular weight is 371 g/mol. The first-order chi connectivity index (χ1) is 13.2. The van der Waals surface area contributed by atoms with Crippen LogP contribution in [0.25, 0.3) is 22.2 Å². The molecule has 0 fully saturated rings. The zero-order chi connectivity index (χ0) is 18.4. The van der Waals surface area contributed by atoms with Crippen LogP contribution >= 0.6 is 11.8 Å². The molecule has 0 saturated carbocycles. The fourth-order valence-corrected chi connectivity index (χ4v) is 4.67. The standard InChI is InChI=1S/C22H17N3OS/c1-14-9-11-16(12-10-14)21-23-22-25(24-21)20(26)13-19(27-22)18-8-4-6-15-5-2-3-7-17(15)18/h2-12,19H,13H2,1H3. The predicted octanol–water partition coefficient (Wildman–Crippen LogP) is 5.28. The molecule has 1 unspecified atom stereocenters. The zero-order valence-corrected chi connectivity index (χ0v) is 15.6. The Morgan fingerprint density at radius 2 is 1.78 bits per heavy atom. The summed E-state index contributed by atoms with van der Waals surface area (Å²) in [5.41, 5.74) is 3.29. The van der Waals surface area contributed by atoms with Crippen LogP contribution in [0, 0.1) is 6.92 Å². The molecular weight excluding hydrogens is 354 g/mol. The van der Waals surface area contributed by atoms with Gasteiger partial charge in [0.15, 0.2) is 11.0 Å². The van der Waals surface area contributed by atoms with Gasteiger partial charge in [0.25, 0.3) is 5.91 Å². The minimum absolute atomic E-state index is 0.00690. The van der Waals surface area contributed by atoms with E-state index in [-0.39, 0.29) is 11.2 Å². The first-order valence-electron chi connectivity index (χ1n) is 8.91. The molecular formula is C22H17N3OS. The molecule has 3 aromatic carbocycles. The Morgan fingerprint density at radius 1 is 1.00 bits per heavy atom. The van der Waals surface area contributed by atoms with Crippen molar-refractivity contribution in [2.24, 2.45) is 0 Å². The van der Waals surface area contributed by atoms with Gasteiger partial charge in [-0.25, -0.2) is 4.98 Å². The van der Waals surface area contributed by atoms with E-state index in [0.29, 0.717) is 17.4 Å². The molecule has 0 bridgehead atoms. The molecule has 1 aliphatic rings. The minimum atomic E-state index is -0.00690. The fraction of sp³-hybridized carbons (Fsp3) is 0.136. The minimum Gasteiger partial charge on any atom is -0.272 e. The molecule has 132 valence electrons. The van der Waals surface area contributed by atoms with Crippen LogP contribution in [-0.2, 0) is 0 Å². The Morgan fingerprint density at radius 3 is 2.63 bits per heavy atom. The molecule has 27 heavy (non-hydrogen) atoms. The van der Waals surface area contributed by atoms with Crippen LogP contribution in [0.5, 0.6) is 0 Å².